The van der Waals surface area contributed by atoms with E-state index in [2.05, 4.69) is 60.7 Å². The molecule has 0 aliphatic carbocycles. The normalized spacial score (nSPS) is 10.6. The summed E-state index contributed by atoms with van der Waals surface area (Å²) in [4.78, 5) is 0. The van der Waals surface area contributed by atoms with E-state index in [1.807, 2.05) is 36.4 Å². The summed E-state index contributed by atoms with van der Waals surface area (Å²) in [6, 6.07) is 33.1. The fourth-order valence-electron chi connectivity index (χ4n) is 2.71. The molecular weight excluding hydrogens is 280 g/mol. The lowest BCUT2D eigenvalue weighted by atomic mass is 10.0. The van der Waals surface area contributed by atoms with Gasteiger partial charge in [0, 0.05) is 11.1 Å². The number of benzene rings is 3. The van der Waals surface area contributed by atoms with Gasteiger partial charge in [-0.3, -0.25) is 0 Å². The van der Waals surface area contributed by atoms with Crippen molar-refractivity contribution in [2.75, 3.05) is 0 Å². The molecule has 110 valence electrons. The molecule has 1 aromatic heterocycles. The van der Waals surface area contributed by atoms with E-state index in [0.717, 1.165) is 22.6 Å². The van der Waals surface area contributed by atoms with Gasteiger partial charge in [0.2, 0.25) is 0 Å². The van der Waals surface area contributed by atoms with E-state index in [1.165, 1.54) is 11.1 Å². The summed E-state index contributed by atoms with van der Waals surface area (Å²) >= 11 is 0. The first-order valence-corrected chi connectivity index (χ1v) is 7.71. The average molecular weight is 296 g/mol. The molecule has 0 saturated carbocycles. The molecule has 0 amide bonds. The first kappa shape index (κ1) is 13.6. The number of hydrogen-bond acceptors (Lipinski definition) is 1. The van der Waals surface area contributed by atoms with Crippen molar-refractivity contribution in [3.63, 3.8) is 0 Å². The quantitative estimate of drug-likeness (QED) is 0.433. The second-order valence-electron chi connectivity index (χ2n) is 5.47. The van der Waals surface area contributed by atoms with Crippen molar-refractivity contribution in [2.24, 2.45) is 0 Å². The topological polar surface area (TPSA) is 13.1 Å². The second-order valence-corrected chi connectivity index (χ2v) is 5.47. The molecule has 3 aromatic carbocycles. The SMILES string of the molecule is c1ccc(-c2ccc(-c3ccc(-c4ccccc4)o3)cc2)cc1. The fourth-order valence-corrected chi connectivity index (χ4v) is 2.71. The summed E-state index contributed by atoms with van der Waals surface area (Å²) in [6.07, 6.45) is 0. The van der Waals surface area contributed by atoms with Crippen molar-refractivity contribution < 1.29 is 4.42 Å². The number of furan rings is 1. The Morgan fingerprint density at radius 1 is 0.348 bits per heavy atom. The molecular formula is C22H16O. The van der Waals surface area contributed by atoms with Crippen LogP contribution in [0.5, 0.6) is 0 Å². The van der Waals surface area contributed by atoms with Gasteiger partial charge in [-0.15, -0.1) is 0 Å². The summed E-state index contributed by atoms with van der Waals surface area (Å²) in [5.74, 6) is 1.79. The molecule has 0 N–H and O–H groups in total. The zero-order valence-electron chi connectivity index (χ0n) is 12.6. The van der Waals surface area contributed by atoms with Crippen LogP contribution in [0, 0.1) is 0 Å². The maximum absolute atomic E-state index is 6.00. The van der Waals surface area contributed by atoms with Gasteiger partial charge in [-0.2, -0.15) is 0 Å². The van der Waals surface area contributed by atoms with Gasteiger partial charge >= 0.3 is 0 Å². The summed E-state index contributed by atoms with van der Waals surface area (Å²) in [5, 5.41) is 0. The minimum absolute atomic E-state index is 0.892. The maximum Gasteiger partial charge on any atom is 0.134 e. The lowest BCUT2D eigenvalue weighted by Crippen LogP contribution is -1.78. The Bertz CT molecular complexity index is 888. The molecule has 0 unspecified atom stereocenters. The van der Waals surface area contributed by atoms with Crippen LogP contribution in [0.2, 0.25) is 0 Å². The number of hydrogen-bond donors (Lipinski definition) is 0. The van der Waals surface area contributed by atoms with Crippen LogP contribution in [0.3, 0.4) is 0 Å². The smallest absolute Gasteiger partial charge is 0.134 e. The Balaban J connectivity index is 1.63. The number of rotatable bonds is 3. The van der Waals surface area contributed by atoms with Gasteiger partial charge in [0.15, 0.2) is 0 Å². The molecule has 23 heavy (non-hydrogen) atoms. The molecule has 1 heteroatoms. The van der Waals surface area contributed by atoms with E-state index in [4.69, 9.17) is 4.42 Å². The molecule has 1 nitrogen and oxygen atoms in total. The van der Waals surface area contributed by atoms with Gasteiger partial charge < -0.3 is 4.42 Å². The van der Waals surface area contributed by atoms with Crippen LogP contribution >= 0.6 is 0 Å². The molecule has 0 atom stereocenters. The van der Waals surface area contributed by atoms with Crippen molar-refractivity contribution in [1.29, 1.82) is 0 Å². The van der Waals surface area contributed by atoms with Gasteiger partial charge in [-0.25, -0.2) is 0 Å². The molecule has 0 fully saturated rings. The Labute approximate surface area is 135 Å². The van der Waals surface area contributed by atoms with Crippen LogP contribution in [0.4, 0.5) is 0 Å². The molecule has 0 aliphatic rings. The van der Waals surface area contributed by atoms with Crippen LogP contribution < -0.4 is 0 Å². The maximum atomic E-state index is 6.00. The summed E-state index contributed by atoms with van der Waals surface area (Å²) in [5.41, 5.74) is 4.62. The van der Waals surface area contributed by atoms with Gasteiger partial charge in [-0.1, -0.05) is 84.9 Å². The van der Waals surface area contributed by atoms with Crippen LogP contribution in [-0.4, -0.2) is 0 Å². The zero-order valence-corrected chi connectivity index (χ0v) is 12.6. The van der Waals surface area contributed by atoms with Crippen LogP contribution in [-0.2, 0) is 0 Å². The average Bonchev–Trinajstić information content (AvgIpc) is 3.14. The highest BCUT2D eigenvalue weighted by Crippen LogP contribution is 2.29. The zero-order chi connectivity index (χ0) is 15.5. The summed E-state index contributed by atoms with van der Waals surface area (Å²) in [7, 11) is 0. The Hall–Kier alpha value is -3.06. The first-order chi connectivity index (χ1) is 11.4. The highest BCUT2D eigenvalue weighted by Gasteiger charge is 2.06. The second kappa shape index (κ2) is 5.98. The molecule has 0 radical (unpaired) electrons. The van der Waals surface area contributed by atoms with Crippen LogP contribution in [0.15, 0.2) is 101 Å². The van der Waals surface area contributed by atoms with E-state index in [9.17, 15) is 0 Å². The monoisotopic (exact) mass is 296 g/mol. The predicted octanol–water partition coefficient (Wildman–Crippen LogP) is 6.28. The van der Waals surface area contributed by atoms with Crippen molar-refractivity contribution >= 4 is 0 Å². The Morgan fingerprint density at radius 3 is 1.30 bits per heavy atom. The van der Waals surface area contributed by atoms with Gasteiger partial charge in [-0.05, 0) is 23.3 Å². The lowest BCUT2D eigenvalue weighted by Gasteiger charge is -2.03. The molecule has 0 aliphatic heterocycles. The predicted molar refractivity (Wildman–Crippen MR) is 95.0 cm³/mol. The van der Waals surface area contributed by atoms with E-state index < -0.39 is 0 Å². The minimum Gasteiger partial charge on any atom is -0.456 e. The molecule has 0 spiro atoms. The third-order valence-corrected chi connectivity index (χ3v) is 3.94. The van der Waals surface area contributed by atoms with Crippen molar-refractivity contribution in [2.45, 2.75) is 0 Å². The molecule has 0 bridgehead atoms. The van der Waals surface area contributed by atoms with Gasteiger partial charge in [0.25, 0.3) is 0 Å². The van der Waals surface area contributed by atoms with Crippen LogP contribution in [0.25, 0.3) is 33.8 Å². The van der Waals surface area contributed by atoms with Gasteiger partial charge in [0.05, 0.1) is 0 Å². The van der Waals surface area contributed by atoms with E-state index >= 15 is 0 Å². The Kier molecular flexibility index (Phi) is 3.53. The summed E-state index contributed by atoms with van der Waals surface area (Å²) < 4.78 is 6.00. The van der Waals surface area contributed by atoms with Crippen molar-refractivity contribution in [3.05, 3.63) is 97.1 Å². The summed E-state index contributed by atoms with van der Waals surface area (Å²) in [6.45, 7) is 0. The lowest BCUT2D eigenvalue weighted by molar-refractivity contribution is 0.597. The largest absolute Gasteiger partial charge is 0.456 e. The molecule has 1 heterocycles. The highest BCUT2D eigenvalue weighted by molar-refractivity contribution is 5.69. The van der Waals surface area contributed by atoms with Crippen LogP contribution in [0.1, 0.15) is 0 Å². The Morgan fingerprint density at radius 2 is 0.739 bits per heavy atom. The third kappa shape index (κ3) is 2.82. The molecule has 4 aromatic rings. The highest BCUT2D eigenvalue weighted by atomic mass is 16.3. The first-order valence-electron chi connectivity index (χ1n) is 7.71. The minimum atomic E-state index is 0.892. The standard InChI is InChI=1S/C22H16O/c1-3-7-17(8-4-1)18-11-13-20(14-12-18)22-16-15-21(23-22)19-9-5-2-6-10-19/h1-16H. The molecule has 0 saturated heterocycles. The van der Waals surface area contributed by atoms with E-state index in [-0.39, 0.29) is 0 Å². The molecule has 4 rings (SSSR count). The van der Waals surface area contributed by atoms with Crippen molar-refractivity contribution in [1.82, 2.24) is 0 Å². The van der Waals surface area contributed by atoms with E-state index in [0.29, 0.717) is 0 Å². The fraction of sp³-hybridized carbons (Fsp3) is 0. The van der Waals surface area contributed by atoms with Gasteiger partial charge in [0.1, 0.15) is 11.5 Å². The third-order valence-electron chi connectivity index (χ3n) is 3.94. The van der Waals surface area contributed by atoms with Crippen molar-refractivity contribution in [3.8, 4) is 33.8 Å². The van der Waals surface area contributed by atoms with E-state index in [1.54, 1.807) is 0 Å².